The Morgan fingerprint density at radius 1 is 1.13 bits per heavy atom. The zero-order valence-corrected chi connectivity index (χ0v) is 17.2. The molecule has 156 valence electrons. The average molecular weight is 451 g/mol. The molecule has 3 aromatic rings. The van der Waals surface area contributed by atoms with Crippen LogP contribution in [0.5, 0.6) is 0 Å². The second-order valence-electron chi connectivity index (χ2n) is 6.63. The van der Waals surface area contributed by atoms with E-state index in [1.54, 1.807) is 30.3 Å². The molecule has 1 amide bonds. The van der Waals surface area contributed by atoms with Crippen molar-refractivity contribution in [1.29, 1.82) is 0 Å². The van der Waals surface area contributed by atoms with E-state index >= 15 is 0 Å². The van der Waals surface area contributed by atoms with Crippen LogP contribution in [0.4, 0.5) is 18.9 Å². The molecular weight excluding hydrogens is 433 g/mol. The summed E-state index contributed by atoms with van der Waals surface area (Å²) in [6.45, 7) is 0. The van der Waals surface area contributed by atoms with Gasteiger partial charge in [-0.3, -0.25) is 9.36 Å². The lowest BCUT2D eigenvalue weighted by atomic mass is 10.2. The number of hydrogen-bond acceptors (Lipinski definition) is 5. The number of nitrogens with one attached hydrogen (secondary N) is 1. The quantitative estimate of drug-likeness (QED) is 0.462. The molecule has 0 bridgehead atoms. The van der Waals surface area contributed by atoms with E-state index in [2.05, 4.69) is 15.5 Å². The maximum atomic E-state index is 14.2. The summed E-state index contributed by atoms with van der Waals surface area (Å²) < 4.78 is 40.9. The van der Waals surface area contributed by atoms with Crippen molar-refractivity contribution in [1.82, 2.24) is 14.8 Å². The van der Waals surface area contributed by atoms with Crippen molar-refractivity contribution in [2.45, 2.75) is 34.7 Å². The molecule has 0 radical (unpaired) electrons. The van der Waals surface area contributed by atoms with Gasteiger partial charge in [-0.1, -0.05) is 35.7 Å². The fraction of sp³-hybridized carbons (Fsp3) is 0.250. The Bertz CT molecular complexity index is 1040. The Hall–Kier alpha value is -2.46. The number of amides is 1. The van der Waals surface area contributed by atoms with E-state index in [1.165, 1.54) is 30.0 Å². The van der Waals surface area contributed by atoms with Gasteiger partial charge in [0.05, 0.1) is 11.3 Å². The molecule has 30 heavy (non-hydrogen) atoms. The van der Waals surface area contributed by atoms with Gasteiger partial charge in [-0.2, -0.15) is 8.78 Å². The fourth-order valence-corrected chi connectivity index (χ4v) is 4.21. The number of benzene rings is 2. The number of aromatic nitrogens is 3. The second-order valence-corrected chi connectivity index (χ2v) is 8.63. The van der Waals surface area contributed by atoms with E-state index < -0.39 is 5.76 Å². The highest BCUT2D eigenvalue weighted by Gasteiger charge is 2.31. The Morgan fingerprint density at radius 3 is 2.53 bits per heavy atom. The number of alkyl halides is 2. The molecule has 0 aliphatic heterocycles. The Labute approximate surface area is 179 Å². The molecule has 0 saturated heterocycles. The average Bonchev–Trinajstić information content (AvgIpc) is 3.47. The lowest BCUT2D eigenvalue weighted by Crippen LogP contribution is -2.14. The number of carbonyl (C=O) groups excluding carboxylic acids is 1. The second kappa shape index (κ2) is 9.13. The van der Waals surface area contributed by atoms with Crippen molar-refractivity contribution in [2.75, 3.05) is 11.1 Å². The molecule has 0 spiro atoms. The van der Waals surface area contributed by atoms with Crippen molar-refractivity contribution >= 4 is 35.1 Å². The van der Waals surface area contributed by atoms with Gasteiger partial charge in [-0.15, -0.1) is 10.2 Å². The maximum absolute atomic E-state index is 14.2. The first-order valence-electron chi connectivity index (χ1n) is 9.18. The fourth-order valence-electron chi connectivity index (χ4n) is 2.91. The molecular formula is C20H17F3N4OS2. The maximum Gasteiger partial charge on any atom is 0.288 e. The highest BCUT2D eigenvalue weighted by molar-refractivity contribution is 8.00. The van der Waals surface area contributed by atoms with Crippen molar-refractivity contribution in [3.05, 3.63) is 54.3 Å². The number of nitrogens with zero attached hydrogens (tertiary/aromatic N) is 3. The third-order valence-electron chi connectivity index (χ3n) is 4.39. The number of halogens is 3. The van der Waals surface area contributed by atoms with Crippen LogP contribution in [-0.2, 0) is 4.79 Å². The molecule has 1 heterocycles. The summed E-state index contributed by atoms with van der Waals surface area (Å²) in [5.41, 5.74) is 0.907. The van der Waals surface area contributed by atoms with Crippen LogP contribution in [-0.4, -0.2) is 32.2 Å². The van der Waals surface area contributed by atoms with Gasteiger partial charge >= 0.3 is 0 Å². The number of hydrogen-bond donors (Lipinski definition) is 1. The van der Waals surface area contributed by atoms with Crippen LogP contribution in [0.25, 0.3) is 11.4 Å². The Balaban J connectivity index is 1.41. The van der Waals surface area contributed by atoms with Crippen molar-refractivity contribution in [3.63, 3.8) is 0 Å². The predicted molar refractivity (Wildman–Crippen MR) is 111 cm³/mol. The summed E-state index contributed by atoms with van der Waals surface area (Å²) in [6, 6.07) is 12.8. The molecule has 1 aromatic heterocycles. The molecule has 0 unspecified atom stereocenters. The predicted octanol–water partition coefficient (Wildman–Crippen LogP) is 5.46. The molecule has 1 aliphatic carbocycles. The van der Waals surface area contributed by atoms with Crippen LogP contribution in [0.2, 0.25) is 0 Å². The molecule has 1 aliphatic rings. The van der Waals surface area contributed by atoms with E-state index in [9.17, 15) is 18.0 Å². The van der Waals surface area contributed by atoms with Crippen LogP contribution in [0, 0.1) is 5.82 Å². The standard InChI is InChI=1S/C20H17F3N4OS2/c21-16-4-2-1-3-15(16)18-25-26-20(27(18)13-7-8-13)29-11-17(28)24-12-5-9-14(10-6-12)30-19(22)23/h1-6,9-10,13,19H,7-8,11H2,(H,24,28). The van der Waals surface area contributed by atoms with Gasteiger partial charge in [0.1, 0.15) is 5.82 Å². The van der Waals surface area contributed by atoms with E-state index in [-0.39, 0.29) is 23.5 Å². The normalized spacial score (nSPS) is 13.6. The van der Waals surface area contributed by atoms with Gasteiger partial charge in [0.2, 0.25) is 5.91 Å². The van der Waals surface area contributed by atoms with Gasteiger partial charge in [-0.05, 0) is 49.2 Å². The van der Waals surface area contributed by atoms with Crippen LogP contribution in [0.1, 0.15) is 18.9 Å². The molecule has 10 heteroatoms. The van der Waals surface area contributed by atoms with Crippen LogP contribution in [0.15, 0.2) is 58.6 Å². The SMILES string of the molecule is O=C(CSc1nnc(-c2ccccc2F)n1C1CC1)Nc1ccc(SC(F)F)cc1. The third kappa shape index (κ3) is 4.99. The zero-order chi connectivity index (χ0) is 21.1. The minimum atomic E-state index is -2.49. The summed E-state index contributed by atoms with van der Waals surface area (Å²) in [7, 11) is 0. The number of anilines is 1. The van der Waals surface area contributed by atoms with Crippen molar-refractivity contribution in [2.24, 2.45) is 0 Å². The van der Waals surface area contributed by atoms with Crippen molar-refractivity contribution < 1.29 is 18.0 Å². The van der Waals surface area contributed by atoms with Crippen molar-refractivity contribution in [3.8, 4) is 11.4 Å². The van der Waals surface area contributed by atoms with Crippen LogP contribution < -0.4 is 5.32 Å². The molecule has 4 rings (SSSR count). The summed E-state index contributed by atoms with van der Waals surface area (Å²) in [6.07, 6.45) is 1.92. The summed E-state index contributed by atoms with van der Waals surface area (Å²) in [5, 5.41) is 11.6. The molecule has 1 N–H and O–H groups in total. The van der Waals surface area contributed by atoms with Crippen LogP contribution in [0.3, 0.4) is 0 Å². The minimum absolute atomic E-state index is 0.0929. The summed E-state index contributed by atoms with van der Waals surface area (Å²) in [5.74, 6) is -2.55. The largest absolute Gasteiger partial charge is 0.325 e. The summed E-state index contributed by atoms with van der Waals surface area (Å²) in [4.78, 5) is 12.7. The molecule has 2 aromatic carbocycles. The van der Waals surface area contributed by atoms with E-state index in [4.69, 9.17) is 0 Å². The van der Waals surface area contributed by atoms with Gasteiger partial charge < -0.3 is 5.32 Å². The summed E-state index contributed by atoms with van der Waals surface area (Å²) >= 11 is 1.68. The Morgan fingerprint density at radius 2 is 1.87 bits per heavy atom. The number of rotatable bonds is 8. The van der Waals surface area contributed by atoms with Gasteiger partial charge in [0.15, 0.2) is 11.0 Å². The monoisotopic (exact) mass is 450 g/mol. The molecule has 5 nitrogen and oxygen atoms in total. The number of thioether (sulfide) groups is 2. The van der Waals surface area contributed by atoms with Gasteiger partial charge in [-0.25, -0.2) is 4.39 Å². The Kier molecular flexibility index (Phi) is 6.33. The molecule has 0 atom stereocenters. The molecule has 1 fully saturated rings. The van der Waals surface area contributed by atoms with Gasteiger partial charge in [0.25, 0.3) is 5.76 Å². The first-order chi connectivity index (χ1) is 14.5. The van der Waals surface area contributed by atoms with E-state index in [0.717, 1.165) is 12.8 Å². The number of carbonyl (C=O) groups is 1. The van der Waals surface area contributed by atoms with Crippen LogP contribution >= 0.6 is 23.5 Å². The topological polar surface area (TPSA) is 59.8 Å². The lowest BCUT2D eigenvalue weighted by molar-refractivity contribution is -0.113. The van der Waals surface area contributed by atoms with E-state index in [0.29, 0.717) is 38.9 Å². The van der Waals surface area contributed by atoms with E-state index in [1.807, 2.05) is 4.57 Å². The highest BCUT2D eigenvalue weighted by atomic mass is 32.2. The third-order valence-corrected chi connectivity index (χ3v) is 6.05. The zero-order valence-electron chi connectivity index (χ0n) is 15.6. The first-order valence-corrected chi connectivity index (χ1v) is 11.0. The lowest BCUT2D eigenvalue weighted by Gasteiger charge is -2.10. The molecule has 1 saturated carbocycles. The first kappa shape index (κ1) is 20.8. The van der Waals surface area contributed by atoms with Gasteiger partial charge in [0, 0.05) is 16.6 Å². The minimum Gasteiger partial charge on any atom is -0.325 e. The smallest absolute Gasteiger partial charge is 0.288 e. The highest BCUT2D eigenvalue weighted by Crippen LogP contribution is 2.41.